The fraction of sp³-hybridized carbons (Fsp3) is 0.600. The summed E-state index contributed by atoms with van der Waals surface area (Å²) in [5.41, 5.74) is 1.48. The van der Waals surface area contributed by atoms with Crippen molar-refractivity contribution in [1.29, 1.82) is 0 Å². The lowest BCUT2D eigenvalue weighted by atomic mass is 9.88. The summed E-state index contributed by atoms with van der Waals surface area (Å²) < 4.78 is 15.8. The Bertz CT molecular complexity index is 429. The van der Waals surface area contributed by atoms with Gasteiger partial charge in [-0.15, -0.1) is 0 Å². The summed E-state index contributed by atoms with van der Waals surface area (Å²) in [5, 5.41) is 3.55. The lowest BCUT2D eigenvalue weighted by Crippen LogP contribution is -2.47. The van der Waals surface area contributed by atoms with E-state index in [4.69, 9.17) is 14.2 Å². The van der Waals surface area contributed by atoms with E-state index < -0.39 is 0 Å². The summed E-state index contributed by atoms with van der Waals surface area (Å²) in [4.78, 5) is 0. The summed E-state index contributed by atoms with van der Waals surface area (Å²) in [7, 11) is 3.31. The van der Waals surface area contributed by atoms with Crippen LogP contribution in [0.3, 0.4) is 0 Å². The number of hydrogen-bond acceptors (Lipinski definition) is 4. The molecule has 2 rings (SSSR count). The molecule has 1 aliphatic rings. The highest BCUT2D eigenvalue weighted by Gasteiger charge is 2.33. The van der Waals surface area contributed by atoms with Crippen molar-refractivity contribution in [3.63, 3.8) is 0 Å². The Balaban J connectivity index is 2.00. The normalized spacial score (nSPS) is 18.5. The number of ether oxygens (including phenoxy) is 3. The van der Waals surface area contributed by atoms with Crippen molar-refractivity contribution in [2.45, 2.75) is 19.9 Å². The first-order valence-electron chi connectivity index (χ1n) is 6.61. The van der Waals surface area contributed by atoms with Gasteiger partial charge in [0.15, 0.2) is 11.5 Å². The van der Waals surface area contributed by atoms with E-state index in [9.17, 15) is 0 Å². The molecular weight excluding hydrogens is 242 g/mol. The monoisotopic (exact) mass is 265 g/mol. The quantitative estimate of drug-likeness (QED) is 0.857. The molecule has 19 heavy (non-hydrogen) atoms. The minimum Gasteiger partial charge on any atom is -0.493 e. The third-order valence-corrected chi connectivity index (χ3v) is 3.64. The number of nitrogens with one attached hydrogen (secondary N) is 1. The van der Waals surface area contributed by atoms with Crippen LogP contribution in [0.1, 0.15) is 25.5 Å². The zero-order valence-corrected chi connectivity index (χ0v) is 12.2. The fourth-order valence-corrected chi connectivity index (χ4v) is 2.19. The molecular formula is C15H23NO3. The zero-order valence-electron chi connectivity index (χ0n) is 12.2. The maximum atomic E-state index is 5.33. The van der Waals surface area contributed by atoms with Crippen molar-refractivity contribution in [1.82, 2.24) is 5.32 Å². The molecule has 1 aromatic rings. The van der Waals surface area contributed by atoms with Crippen LogP contribution in [0.4, 0.5) is 0 Å². The molecule has 0 aromatic heterocycles. The Labute approximate surface area is 115 Å². The second kappa shape index (κ2) is 5.80. The van der Waals surface area contributed by atoms with Gasteiger partial charge in [-0.25, -0.2) is 0 Å². The molecule has 1 aliphatic heterocycles. The molecule has 0 spiro atoms. The predicted molar refractivity (Wildman–Crippen MR) is 74.9 cm³/mol. The van der Waals surface area contributed by atoms with Crippen molar-refractivity contribution in [2.75, 3.05) is 34.0 Å². The SMILES string of the molecule is COc1ccc(C(C)NCC2(C)COC2)cc1OC. The van der Waals surface area contributed by atoms with Gasteiger partial charge in [0.05, 0.1) is 27.4 Å². The topological polar surface area (TPSA) is 39.7 Å². The van der Waals surface area contributed by atoms with Gasteiger partial charge in [0, 0.05) is 18.0 Å². The number of benzene rings is 1. The van der Waals surface area contributed by atoms with Crippen LogP contribution < -0.4 is 14.8 Å². The zero-order chi connectivity index (χ0) is 13.9. The third kappa shape index (κ3) is 3.19. The summed E-state index contributed by atoms with van der Waals surface area (Å²) in [5.74, 6) is 1.53. The van der Waals surface area contributed by atoms with E-state index in [1.807, 2.05) is 12.1 Å². The van der Waals surface area contributed by atoms with E-state index in [-0.39, 0.29) is 11.5 Å². The summed E-state index contributed by atoms with van der Waals surface area (Å²) in [6.45, 7) is 7.05. The molecule has 1 aromatic carbocycles. The van der Waals surface area contributed by atoms with E-state index >= 15 is 0 Å². The summed E-state index contributed by atoms with van der Waals surface area (Å²) >= 11 is 0. The second-order valence-electron chi connectivity index (χ2n) is 5.52. The van der Waals surface area contributed by atoms with Crippen molar-refractivity contribution in [3.05, 3.63) is 23.8 Å². The largest absolute Gasteiger partial charge is 0.493 e. The van der Waals surface area contributed by atoms with Crippen LogP contribution in [0.2, 0.25) is 0 Å². The Morgan fingerprint density at radius 1 is 1.26 bits per heavy atom. The molecule has 0 bridgehead atoms. The van der Waals surface area contributed by atoms with E-state index in [2.05, 4.69) is 25.2 Å². The van der Waals surface area contributed by atoms with Crippen LogP contribution in [-0.4, -0.2) is 34.0 Å². The van der Waals surface area contributed by atoms with Gasteiger partial charge in [0.25, 0.3) is 0 Å². The van der Waals surface area contributed by atoms with Crippen LogP contribution in [0.15, 0.2) is 18.2 Å². The van der Waals surface area contributed by atoms with Gasteiger partial charge in [-0.2, -0.15) is 0 Å². The van der Waals surface area contributed by atoms with Crippen LogP contribution in [0.25, 0.3) is 0 Å². The van der Waals surface area contributed by atoms with Crippen LogP contribution in [0, 0.1) is 5.41 Å². The highest BCUT2D eigenvalue weighted by Crippen LogP contribution is 2.31. The Morgan fingerprint density at radius 2 is 1.95 bits per heavy atom. The molecule has 0 amide bonds. The van der Waals surface area contributed by atoms with Gasteiger partial charge in [0.2, 0.25) is 0 Å². The Kier molecular flexibility index (Phi) is 4.32. The number of rotatable bonds is 6. The van der Waals surface area contributed by atoms with Gasteiger partial charge in [0.1, 0.15) is 0 Å². The fourth-order valence-electron chi connectivity index (χ4n) is 2.19. The molecule has 1 N–H and O–H groups in total. The molecule has 1 atom stereocenters. The molecule has 106 valence electrons. The second-order valence-corrected chi connectivity index (χ2v) is 5.52. The number of methoxy groups -OCH3 is 2. The molecule has 4 heteroatoms. The maximum Gasteiger partial charge on any atom is 0.161 e. The molecule has 4 nitrogen and oxygen atoms in total. The Hall–Kier alpha value is -1.26. The highest BCUT2D eigenvalue weighted by molar-refractivity contribution is 5.43. The molecule has 1 fully saturated rings. The van der Waals surface area contributed by atoms with E-state index in [0.717, 1.165) is 31.3 Å². The standard InChI is InChI=1S/C15H23NO3/c1-11(16-8-15(2)9-19-10-15)12-5-6-13(17-3)14(7-12)18-4/h5-7,11,16H,8-10H2,1-4H3. The smallest absolute Gasteiger partial charge is 0.161 e. The molecule has 0 saturated carbocycles. The molecule has 1 unspecified atom stereocenters. The average Bonchev–Trinajstić information content (AvgIpc) is 2.41. The minimum absolute atomic E-state index is 0.275. The van der Waals surface area contributed by atoms with Crippen molar-refractivity contribution >= 4 is 0 Å². The molecule has 1 heterocycles. The van der Waals surface area contributed by atoms with Gasteiger partial charge in [-0.05, 0) is 24.6 Å². The molecule has 0 aliphatic carbocycles. The van der Waals surface area contributed by atoms with E-state index in [1.165, 1.54) is 5.56 Å². The van der Waals surface area contributed by atoms with Gasteiger partial charge in [-0.1, -0.05) is 13.0 Å². The Morgan fingerprint density at radius 3 is 2.47 bits per heavy atom. The van der Waals surface area contributed by atoms with Gasteiger partial charge in [-0.3, -0.25) is 0 Å². The lowest BCUT2D eigenvalue weighted by Gasteiger charge is -2.39. The van der Waals surface area contributed by atoms with Crippen LogP contribution in [0.5, 0.6) is 11.5 Å². The number of hydrogen-bond donors (Lipinski definition) is 1. The maximum absolute atomic E-state index is 5.33. The van der Waals surface area contributed by atoms with Gasteiger partial charge < -0.3 is 19.5 Å². The van der Waals surface area contributed by atoms with Crippen LogP contribution in [-0.2, 0) is 4.74 Å². The highest BCUT2D eigenvalue weighted by atomic mass is 16.5. The van der Waals surface area contributed by atoms with Crippen LogP contribution >= 0.6 is 0 Å². The van der Waals surface area contributed by atoms with E-state index in [0.29, 0.717) is 0 Å². The lowest BCUT2D eigenvalue weighted by molar-refractivity contribution is -0.0999. The predicted octanol–water partition coefficient (Wildman–Crippen LogP) is 2.39. The third-order valence-electron chi connectivity index (χ3n) is 3.64. The van der Waals surface area contributed by atoms with Crippen molar-refractivity contribution in [3.8, 4) is 11.5 Å². The minimum atomic E-state index is 0.275. The van der Waals surface area contributed by atoms with Crippen molar-refractivity contribution < 1.29 is 14.2 Å². The molecule has 0 radical (unpaired) electrons. The summed E-state index contributed by atoms with van der Waals surface area (Å²) in [6, 6.07) is 6.31. The first-order chi connectivity index (χ1) is 9.08. The van der Waals surface area contributed by atoms with Crippen molar-refractivity contribution in [2.24, 2.45) is 5.41 Å². The molecule has 1 saturated heterocycles. The summed E-state index contributed by atoms with van der Waals surface area (Å²) in [6.07, 6.45) is 0. The first kappa shape index (κ1) is 14.2. The van der Waals surface area contributed by atoms with E-state index in [1.54, 1.807) is 14.2 Å². The average molecular weight is 265 g/mol. The first-order valence-corrected chi connectivity index (χ1v) is 6.61. The van der Waals surface area contributed by atoms with Gasteiger partial charge >= 0.3 is 0 Å².